The predicted octanol–water partition coefficient (Wildman–Crippen LogP) is 7.21. The second kappa shape index (κ2) is 8.43. The molecule has 3 rings (SSSR count). The second-order valence-electron chi connectivity index (χ2n) is 7.76. The SMILES string of the molecule is CC(c1ccccc1)C(C)c1cccc(O)c1C(C)C(C)c1ccccc1. The lowest BCUT2D eigenvalue weighted by molar-refractivity contribution is 0.452. The Kier molecular flexibility index (Phi) is 6.01. The summed E-state index contributed by atoms with van der Waals surface area (Å²) in [5.41, 5.74) is 4.98. The van der Waals surface area contributed by atoms with Gasteiger partial charge in [-0.05, 0) is 46.4 Å². The van der Waals surface area contributed by atoms with Crippen molar-refractivity contribution in [1.82, 2.24) is 0 Å². The zero-order valence-electron chi connectivity index (χ0n) is 16.8. The fourth-order valence-corrected chi connectivity index (χ4v) is 4.07. The molecule has 0 aliphatic carbocycles. The molecular weight excluding hydrogens is 328 g/mol. The van der Waals surface area contributed by atoms with E-state index in [-0.39, 0.29) is 5.92 Å². The van der Waals surface area contributed by atoms with Crippen molar-refractivity contribution in [2.45, 2.75) is 51.4 Å². The highest BCUT2D eigenvalue weighted by atomic mass is 16.3. The Balaban J connectivity index is 1.97. The third-order valence-electron chi connectivity index (χ3n) is 6.21. The molecule has 0 saturated heterocycles. The molecule has 0 fully saturated rings. The van der Waals surface area contributed by atoms with E-state index in [1.54, 1.807) is 0 Å². The molecule has 27 heavy (non-hydrogen) atoms. The van der Waals surface area contributed by atoms with Gasteiger partial charge in [0.15, 0.2) is 0 Å². The van der Waals surface area contributed by atoms with Crippen molar-refractivity contribution < 1.29 is 5.11 Å². The summed E-state index contributed by atoms with van der Waals surface area (Å²) in [4.78, 5) is 0. The summed E-state index contributed by atoms with van der Waals surface area (Å²) >= 11 is 0. The maximum Gasteiger partial charge on any atom is 0.119 e. The van der Waals surface area contributed by atoms with Crippen molar-refractivity contribution in [3.63, 3.8) is 0 Å². The van der Waals surface area contributed by atoms with E-state index in [1.165, 1.54) is 16.7 Å². The molecule has 1 nitrogen and oxygen atoms in total. The van der Waals surface area contributed by atoms with Gasteiger partial charge in [0.2, 0.25) is 0 Å². The van der Waals surface area contributed by atoms with Gasteiger partial charge in [0, 0.05) is 5.56 Å². The van der Waals surface area contributed by atoms with Crippen LogP contribution in [0.3, 0.4) is 0 Å². The van der Waals surface area contributed by atoms with E-state index in [0.717, 1.165) is 5.56 Å². The number of phenols is 1. The van der Waals surface area contributed by atoms with Crippen LogP contribution in [0.2, 0.25) is 0 Å². The summed E-state index contributed by atoms with van der Waals surface area (Å²) in [7, 11) is 0. The lowest BCUT2D eigenvalue weighted by Crippen LogP contribution is -2.12. The van der Waals surface area contributed by atoms with Gasteiger partial charge in [-0.25, -0.2) is 0 Å². The van der Waals surface area contributed by atoms with Crippen molar-refractivity contribution in [1.29, 1.82) is 0 Å². The summed E-state index contributed by atoms with van der Waals surface area (Å²) in [5.74, 6) is 1.67. The van der Waals surface area contributed by atoms with E-state index in [4.69, 9.17) is 0 Å². The number of benzene rings is 3. The van der Waals surface area contributed by atoms with Crippen LogP contribution in [-0.4, -0.2) is 5.11 Å². The lowest BCUT2D eigenvalue weighted by Gasteiger charge is -2.29. The maximum atomic E-state index is 10.8. The zero-order chi connectivity index (χ0) is 19.4. The molecular formula is C26H30O. The molecule has 1 N–H and O–H groups in total. The standard InChI is InChI=1S/C26H30O/c1-18(22-12-7-5-8-13-22)20(3)24-16-11-17-25(27)26(24)21(4)19(2)23-14-9-6-10-15-23/h5-21,27H,1-4H3. The van der Waals surface area contributed by atoms with Crippen LogP contribution in [0.1, 0.15) is 73.6 Å². The Bertz CT molecular complexity index is 854. The number of hydrogen-bond acceptors (Lipinski definition) is 1. The molecule has 0 aliphatic rings. The van der Waals surface area contributed by atoms with E-state index >= 15 is 0 Å². The minimum absolute atomic E-state index is 0.231. The van der Waals surface area contributed by atoms with Gasteiger partial charge in [-0.3, -0.25) is 0 Å². The zero-order valence-corrected chi connectivity index (χ0v) is 16.8. The van der Waals surface area contributed by atoms with Gasteiger partial charge in [0.1, 0.15) is 5.75 Å². The monoisotopic (exact) mass is 358 g/mol. The third-order valence-corrected chi connectivity index (χ3v) is 6.21. The Labute approximate surface area is 163 Å². The Hall–Kier alpha value is -2.54. The van der Waals surface area contributed by atoms with Crippen LogP contribution in [0.25, 0.3) is 0 Å². The van der Waals surface area contributed by atoms with Gasteiger partial charge >= 0.3 is 0 Å². The first-order valence-electron chi connectivity index (χ1n) is 9.92. The van der Waals surface area contributed by atoms with E-state index in [1.807, 2.05) is 12.1 Å². The molecule has 0 saturated carbocycles. The van der Waals surface area contributed by atoms with E-state index in [0.29, 0.717) is 23.5 Å². The van der Waals surface area contributed by atoms with E-state index in [9.17, 15) is 5.11 Å². The summed E-state index contributed by atoms with van der Waals surface area (Å²) in [6.45, 7) is 9.03. The Morgan fingerprint density at radius 3 is 1.52 bits per heavy atom. The van der Waals surface area contributed by atoms with Gasteiger partial charge in [-0.2, -0.15) is 0 Å². The molecule has 3 aromatic carbocycles. The molecule has 140 valence electrons. The molecule has 4 atom stereocenters. The van der Waals surface area contributed by atoms with Crippen LogP contribution < -0.4 is 0 Å². The van der Waals surface area contributed by atoms with Gasteiger partial charge in [0.05, 0.1) is 0 Å². The molecule has 0 aromatic heterocycles. The summed E-state index contributed by atoms with van der Waals surface area (Å²) in [6.07, 6.45) is 0. The van der Waals surface area contributed by atoms with Gasteiger partial charge in [-0.15, -0.1) is 0 Å². The molecule has 0 spiro atoms. The topological polar surface area (TPSA) is 20.2 Å². The molecule has 0 bridgehead atoms. The number of rotatable bonds is 6. The van der Waals surface area contributed by atoms with Crippen molar-refractivity contribution in [2.75, 3.05) is 0 Å². The molecule has 3 aromatic rings. The van der Waals surface area contributed by atoms with Crippen LogP contribution in [0.15, 0.2) is 78.9 Å². The average Bonchev–Trinajstić information content (AvgIpc) is 2.72. The van der Waals surface area contributed by atoms with E-state index < -0.39 is 0 Å². The molecule has 0 radical (unpaired) electrons. The normalized spacial score (nSPS) is 15.7. The number of phenolic OH excluding ortho intramolecular Hbond substituents is 1. The predicted molar refractivity (Wildman–Crippen MR) is 115 cm³/mol. The summed E-state index contributed by atoms with van der Waals surface area (Å²) < 4.78 is 0. The van der Waals surface area contributed by atoms with Crippen LogP contribution in [-0.2, 0) is 0 Å². The Morgan fingerprint density at radius 2 is 1.00 bits per heavy atom. The average molecular weight is 359 g/mol. The molecule has 1 heteroatoms. The van der Waals surface area contributed by atoms with Crippen molar-refractivity contribution >= 4 is 0 Å². The van der Waals surface area contributed by atoms with Crippen molar-refractivity contribution in [2.24, 2.45) is 0 Å². The van der Waals surface area contributed by atoms with Crippen molar-refractivity contribution in [3.8, 4) is 5.75 Å². The highest BCUT2D eigenvalue weighted by Crippen LogP contribution is 2.43. The number of aromatic hydroxyl groups is 1. The highest BCUT2D eigenvalue weighted by molar-refractivity contribution is 5.46. The molecule has 4 unspecified atom stereocenters. The van der Waals surface area contributed by atoms with Crippen LogP contribution in [0, 0.1) is 0 Å². The third kappa shape index (κ3) is 4.08. The van der Waals surface area contributed by atoms with Crippen LogP contribution in [0.5, 0.6) is 5.75 Å². The van der Waals surface area contributed by atoms with Gasteiger partial charge < -0.3 is 5.11 Å². The van der Waals surface area contributed by atoms with E-state index in [2.05, 4.69) is 94.4 Å². The van der Waals surface area contributed by atoms with Crippen LogP contribution >= 0.6 is 0 Å². The minimum atomic E-state index is 0.231. The summed E-state index contributed by atoms with van der Waals surface area (Å²) in [6, 6.07) is 27.2. The highest BCUT2D eigenvalue weighted by Gasteiger charge is 2.26. The maximum absolute atomic E-state index is 10.8. The first-order valence-corrected chi connectivity index (χ1v) is 9.92. The lowest BCUT2D eigenvalue weighted by atomic mass is 9.76. The quantitative estimate of drug-likeness (QED) is 0.493. The van der Waals surface area contributed by atoms with Crippen molar-refractivity contribution in [3.05, 3.63) is 101 Å². The molecule has 0 aliphatic heterocycles. The Morgan fingerprint density at radius 1 is 0.519 bits per heavy atom. The fourth-order valence-electron chi connectivity index (χ4n) is 4.07. The molecule has 0 heterocycles. The first-order chi connectivity index (χ1) is 13.0. The van der Waals surface area contributed by atoms with Crippen LogP contribution in [0.4, 0.5) is 0 Å². The van der Waals surface area contributed by atoms with Gasteiger partial charge in [0.25, 0.3) is 0 Å². The van der Waals surface area contributed by atoms with Gasteiger partial charge in [-0.1, -0.05) is 100 Å². The first kappa shape index (κ1) is 19.2. The second-order valence-corrected chi connectivity index (χ2v) is 7.76. The number of hydrogen-bond donors (Lipinski definition) is 1. The smallest absolute Gasteiger partial charge is 0.119 e. The molecule has 0 amide bonds. The fraction of sp³-hybridized carbons (Fsp3) is 0.308. The summed E-state index contributed by atoms with van der Waals surface area (Å²) in [5, 5.41) is 10.8. The largest absolute Gasteiger partial charge is 0.508 e. The minimum Gasteiger partial charge on any atom is -0.508 e.